The summed E-state index contributed by atoms with van der Waals surface area (Å²) < 4.78 is 2.26. The summed E-state index contributed by atoms with van der Waals surface area (Å²) >= 11 is 0. The molecule has 4 nitrogen and oxygen atoms in total. The Hall–Kier alpha value is -5.53. The lowest BCUT2D eigenvalue weighted by Gasteiger charge is -2.12. The third kappa shape index (κ3) is 3.17. The smallest absolute Gasteiger partial charge is 0.188 e. The average molecular weight is 497 g/mol. The Kier molecular flexibility index (Phi) is 4.55. The molecule has 0 saturated heterocycles. The number of nitrogens with zero attached hydrogens (tertiary/aromatic N) is 4. The molecule has 0 radical (unpaired) electrons. The van der Waals surface area contributed by atoms with Gasteiger partial charge in [0.2, 0.25) is 0 Å². The molecule has 180 valence electrons. The van der Waals surface area contributed by atoms with Gasteiger partial charge in [0.25, 0.3) is 0 Å². The van der Waals surface area contributed by atoms with Crippen LogP contribution in [0.25, 0.3) is 76.2 Å². The lowest BCUT2D eigenvalue weighted by atomic mass is 9.98. The second-order valence-corrected chi connectivity index (χ2v) is 9.76. The van der Waals surface area contributed by atoms with Crippen molar-refractivity contribution in [3.8, 4) is 16.9 Å². The first-order valence-electron chi connectivity index (χ1n) is 12.9. The summed E-state index contributed by atoms with van der Waals surface area (Å²) in [7, 11) is 0. The van der Waals surface area contributed by atoms with Gasteiger partial charge in [-0.2, -0.15) is 0 Å². The number of hydrogen-bond donors (Lipinski definition) is 0. The second-order valence-electron chi connectivity index (χ2n) is 9.76. The molecule has 0 amide bonds. The van der Waals surface area contributed by atoms with E-state index in [0.29, 0.717) is 5.69 Å². The summed E-state index contributed by atoms with van der Waals surface area (Å²) in [5.74, 6) is 0. The maximum atomic E-state index is 7.61. The van der Waals surface area contributed by atoms with Gasteiger partial charge < -0.3 is 4.57 Å². The molecular weight excluding hydrogens is 476 g/mol. The lowest BCUT2D eigenvalue weighted by molar-refractivity contribution is 1.18. The molecule has 0 unspecified atom stereocenters. The number of benzene rings is 5. The van der Waals surface area contributed by atoms with Crippen molar-refractivity contribution in [3.63, 3.8) is 0 Å². The molecule has 0 bridgehead atoms. The van der Waals surface area contributed by atoms with Crippen LogP contribution in [0.1, 0.15) is 0 Å². The fourth-order valence-electron chi connectivity index (χ4n) is 5.86. The van der Waals surface area contributed by atoms with Crippen LogP contribution in [-0.4, -0.2) is 14.5 Å². The van der Waals surface area contributed by atoms with Crippen LogP contribution in [0.2, 0.25) is 0 Å². The van der Waals surface area contributed by atoms with E-state index < -0.39 is 0 Å². The zero-order valence-electron chi connectivity index (χ0n) is 20.8. The van der Waals surface area contributed by atoms with Crippen molar-refractivity contribution in [1.29, 1.82) is 0 Å². The molecule has 8 aromatic rings. The number of fused-ring (bicyclic) bond motifs is 8. The zero-order chi connectivity index (χ0) is 25.9. The van der Waals surface area contributed by atoms with Gasteiger partial charge in [-0.1, -0.05) is 72.8 Å². The van der Waals surface area contributed by atoms with Crippen LogP contribution >= 0.6 is 0 Å². The molecule has 0 saturated carbocycles. The van der Waals surface area contributed by atoms with Crippen molar-refractivity contribution in [3.05, 3.63) is 133 Å². The van der Waals surface area contributed by atoms with Gasteiger partial charge in [0.05, 0.1) is 34.3 Å². The summed E-state index contributed by atoms with van der Waals surface area (Å²) in [4.78, 5) is 13.8. The van der Waals surface area contributed by atoms with Crippen LogP contribution in [0.5, 0.6) is 0 Å². The van der Waals surface area contributed by atoms with Crippen molar-refractivity contribution in [2.75, 3.05) is 0 Å². The van der Waals surface area contributed by atoms with Crippen molar-refractivity contribution in [1.82, 2.24) is 14.5 Å². The Morgan fingerprint density at radius 2 is 1.36 bits per heavy atom. The van der Waals surface area contributed by atoms with Gasteiger partial charge in [-0.15, -0.1) is 0 Å². The van der Waals surface area contributed by atoms with Crippen LogP contribution in [0, 0.1) is 6.57 Å². The number of para-hydroxylation sites is 2. The molecule has 0 atom stereocenters. The molecule has 3 aromatic heterocycles. The van der Waals surface area contributed by atoms with Crippen molar-refractivity contribution >= 4 is 60.1 Å². The largest absolute Gasteiger partial charge is 0.309 e. The summed E-state index contributed by atoms with van der Waals surface area (Å²) in [5, 5.41) is 6.64. The highest BCUT2D eigenvalue weighted by Gasteiger charge is 2.17. The molecule has 3 heterocycles. The van der Waals surface area contributed by atoms with Crippen LogP contribution in [0.4, 0.5) is 5.69 Å². The van der Waals surface area contributed by atoms with Gasteiger partial charge >= 0.3 is 0 Å². The topological polar surface area (TPSA) is 35.1 Å². The van der Waals surface area contributed by atoms with E-state index in [-0.39, 0.29) is 0 Å². The van der Waals surface area contributed by atoms with Crippen LogP contribution in [0.3, 0.4) is 0 Å². The second kappa shape index (κ2) is 8.24. The van der Waals surface area contributed by atoms with E-state index in [9.17, 15) is 0 Å². The highest BCUT2D eigenvalue weighted by Crippen LogP contribution is 2.39. The minimum absolute atomic E-state index is 0.627. The van der Waals surface area contributed by atoms with Crippen LogP contribution in [0.15, 0.2) is 121 Å². The third-order valence-electron chi connectivity index (χ3n) is 7.60. The van der Waals surface area contributed by atoms with Crippen molar-refractivity contribution in [2.24, 2.45) is 0 Å². The van der Waals surface area contributed by atoms with Gasteiger partial charge in [0.15, 0.2) is 5.69 Å². The monoisotopic (exact) mass is 496 g/mol. The number of hydrogen-bond acceptors (Lipinski definition) is 2. The van der Waals surface area contributed by atoms with Crippen LogP contribution < -0.4 is 0 Å². The highest BCUT2D eigenvalue weighted by atomic mass is 15.0. The average Bonchev–Trinajstić information content (AvgIpc) is 3.33. The maximum Gasteiger partial charge on any atom is 0.188 e. The summed E-state index contributed by atoms with van der Waals surface area (Å²) in [6.07, 6.45) is 1.94. The molecule has 0 aliphatic rings. The quantitative estimate of drug-likeness (QED) is 0.177. The molecule has 5 aromatic carbocycles. The number of aromatic nitrogens is 3. The molecule has 0 aliphatic carbocycles. The van der Waals surface area contributed by atoms with E-state index in [4.69, 9.17) is 16.5 Å². The molecule has 39 heavy (non-hydrogen) atoms. The first kappa shape index (κ1) is 21.5. The van der Waals surface area contributed by atoms with Crippen LogP contribution in [-0.2, 0) is 0 Å². The number of pyridine rings is 2. The van der Waals surface area contributed by atoms with Gasteiger partial charge in [0.1, 0.15) is 0 Å². The minimum Gasteiger partial charge on any atom is -0.309 e. The first-order chi connectivity index (χ1) is 19.3. The standard InChI is InChI=1S/C35H20N4/c1-36-24-16-18-32-29(20-24)28-19-22(15-17-31(28)39(32)25-10-3-2-4-11-25)34-35-33(27-13-7-8-14-30(27)38-34)26-12-6-5-9-23(26)21-37-35/h2-21H. The molecule has 0 N–H and O–H groups in total. The zero-order valence-corrected chi connectivity index (χ0v) is 20.8. The Balaban J connectivity index is 1.49. The molecule has 4 heteroatoms. The van der Waals surface area contributed by atoms with Gasteiger partial charge in [-0.25, -0.2) is 9.83 Å². The van der Waals surface area contributed by atoms with Gasteiger partial charge in [-0.3, -0.25) is 4.98 Å². The van der Waals surface area contributed by atoms with Gasteiger partial charge in [-0.05, 0) is 53.2 Å². The summed E-state index contributed by atoms with van der Waals surface area (Å²) in [6, 6.07) is 39.5. The molecule has 8 rings (SSSR count). The van der Waals surface area contributed by atoms with E-state index in [2.05, 4.69) is 88.3 Å². The minimum atomic E-state index is 0.627. The predicted molar refractivity (Wildman–Crippen MR) is 161 cm³/mol. The predicted octanol–water partition coefficient (Wildman–Crippen LogP) is 9.25. The van der Waals surface area contributed by atoms with E-state index in [0.717, 1.165) is 65.9 Å². The van der Waals surface area contributed by atoms with Crippen molar-refractivity contribution < 1.29 is 0 Å². The molecule has 0 fully saturated rings. The van der Waals surface area contributed by atoms with E-state index in [1.54, 1.807) is 0 Å². The summed E-state index contributed by atoms with van der Waals surface area (Å²) in [5.41, 5.74) is 7.57. The lowest BCUT2D eigenvalue weighted by Crippen LogP contribution is -1.94. The van der Waals surface area contributed by atoms with E-state index in [1.165, 1.54) is 5.39 Å². The summed E-state index contributed by atoms with van der Waals surface area (Å²) in [6.45, 7) is 7.61. The van der Waals surface area contributed by atoms with E-state index >= 15 is 0 Å². The van der Waals surface area contributed by atoms with Crippen molar-refractivity contribution in [2.45, 2.75) is 0 Å². The molecule has 0 aliphatic heterocycles. The Morgan fingerprint density at radius 3 is 2.21 bits per heavy atom. The van der Waals surface area contributed by atoms with E-state index in [1.807, 2.05) is 42.6 Å². The maximum absolute atomic E-state index is 7.61. The first-order valence-corrected chi connectivity index (χ1v) is 12.9. The van der Waals surface area contributed by atoms with Gasteiger partial charge in [0, 0.05) is 39.0 Å². The Labute approximate surface area is 224 Å². The molecular formula is C35H20N4. The Bertz CT molecular complexity index is 2270. The third-order valence-corrected chi connectivity index (χ3v) is 7.60. The SMILES string of the molecule is [C-]#[N+]c1ccc2c(c1)c1cc(-c3nc4ccccc4c4c3ncc3ccccc34)ccc1n2-c1ccccc1. The fourth-order valence-corrected chi connectivity index (χ4v) is 5.86. The highest BCUT2D eigenvalue weighted by molar-refractivity contribution is 6.21. The number of rotatable bonds is 2. The fraction of sp³-hybridized carbons (Fsp3) is 0. The molecule has 0 spiro atoms. The normalized spacial score (nSPS) is 11.6. The Morgan fingerprint density at radius 1 is 0.641 bits per heavy atom.